The van der Waals surface area contributed by atoms with Crippen LogP contribution >= 0.6 is 0 Å². The fraction of sp³-hybridized carbons (Fsp3) is 0.667. The topological polar surface area (TPSA) is 99.8 Å². The third-order valence-electron chi connectivity index (χ3n) is 1.45. The summed E-state index contributed by atoms with van der Waals surface area (Å²) in [5.74, 6) is 0.657. The maximum Gasteiger partial charge on any atom is 0.276 e. The standard InChI is InChI=1S/C6H13N5O2S/c1-2-9-14(12,13)10-4-3-6-7-5-8-11-6/h5,9-10H,2-4H2,1H3,(H,7,8,11). The second-order valence-electron chi connectivity index (χ2n) is 2.58. The fourth-order valence-electron chi connectivity index (χ4n) is 0.896. The van der Waals surface area contributed by atoms with Crippen molar-refractivity contribution in [2.45, 2.75) is 13.3 Å². The van der Waals surface area contributed by atoms with Gasteiger partial charge in [-0.2, -0.15) is 13.5 Å². The zero-order valence-corrected chi connectivity index (χ0v) is 8.63. The summed E-state index contributed by atoms with van der Waals surface area (Å²) in [6.45, 7) is 2.39. The molecule has 0 saturated carbocycles. The van der Waals surface area contributed by atoms with E-state index in [1.807, 2.05) is 0 Å². The lowest BCUT2D eigenvalue weighted by atomic mass is 10.4. The van der Waals surface area contributed by atoms with Gasteiger partial charge in [0.1, 0.15) is 12.2 Å². The molecule has 1 rings (SSSR count). The lowest BCUT2D eigenvalue weighted by Crippen LogP contribution is -2.37. The molecule has 0 fully saturated rings. The first-order valence-electron chi connectivity index (χ1n) is 4.22. The molecule has 8 heteroatoms. The summed E-state index contributed by atoms with van der Waals surface area (Å²) in [5.41, 5.74) is 0. The minimum absolute atomic E-state index is 0.296. The van der Waals surface area contributed by atoms with Crippen LogP contribution in [0.4, 0.5) is 0 Å². The Bertz CT molecular complexity index is 346. The van der Waals surface area contributed by atoms with E-state index in [0.717, 1.165) is 0 Å². The molecule has 7 nitrogen and oxygen atoms in total. The van der Waals surface area contributed by atoms with Crippen LogP contribution in [0, 0.1) is 0 Å². The van der Waals surface area contributed by atoms with Crippen molar-refractivity contribution in [3.05, 3.63) is 12.2 Å². The van der Waals surface area contributed by atoms with Crippen LogP contribution in [0.3, 0.4) is 0 Å². The fourth-order valence-corrected chi connectivity index (χ4v) is 1.75. The Morgan fingerprint density at radius 2 is 2.29 bits per heavy atom. The van der Waals surface area contributed by atoms with E-state index in [2.05, 4.69) is 24.6 Å². The molecular formula is C6H13N5O2S. The number of rotatable bonds is 6. The molecule has 0 bridgehead atoms. The summed E-state index contributed by atoms with van der Waals surface area (Å²) >= 11 is 0. The third kappa shape index (κ3) is 3.81. The maximum absolute atomic E-state index is 11.1. The van der Waals surface area contributed by atoms with E-state index in [4.69, 9.17) is 0 Å². The summed E-state index contributed by atoms with van der Waals surface area (Å²) in [6.07, 6.45) is 1.87. The van der Waals surface area contributed by atoms with Gasteiger partial charge < -0.3 is 0 Å². The second kappa shape index (κ2) is 5.03. The SMILES string of the molecule is CCNS(=O)(=O)NCCc1ncn[nH]1. The number of nitrogens with zero attached hydrogens (tertiary/aromatic N) is 2. The number of aromatic nitrogens is 3. The molecule has 0 saturated heterocycles. The van der Waals surface area contributed by atoms with Crippen molar-refractivity contribution in [2.75, 3.05) is 13.1 Å². The minimum Gasteiger partial charge on any atom is -0.263 e. The van der Waals surface area contributed by atoms with Crippen molar-refractivity contribution < 1.29 is 8.42 Å². The van der Waals surface area contributed by atoms with Crippen molar-refractivity contribution >= 4 is 10.2 Å². The molecule has 1 aromatic rings. The van der Waals surface area contributed by atoms with Gasteiger partial charge in [0, 0.05) is 19.5 Å². The van der Waals surface area contributed by atoms with Crippen LogP contribution in [0.1, 0.15) is 12.7 Å². The molecule has 0 atom stereocenters. The van der Waals surface area contributed by atoms with Gasteiger partial charge in [-0.05, 0) is 0 Å². The van der Waals surface area contributed by atoms with E-state index in [9.17, 15) is 8.42 Å². The summed E-state index contributed by atoms with van der Waals surface area (Å²) in [6, 6.07) is 0. The van der Waals surface area contributed by atoms with Crippen LogP contribution in [-0.4, -0.2) is 36.7 Å². The van der Waals surface area contributed by atoms with E-state index in [-0.39, 0.29) is 0 Å². The van der Waals surface area contributed by atoms with E-state index in [1.54, 1.807) is 6.92 Å². The Morgan fingerprint density at radius 3 is 2.86 bits per heavy atom. The van der Waals surface area contributed by atoms with Crippen LogP contribution < -0.4 is 9.44 Å². The molecule has 0 aliphatic rings. The highest BCUT2D eigenvalue weighted by molar-refractivity contribution is 7.87. The Morgan fingerprint density at radius 1 is 1.50 bits per heavy atom. The minimum atomic E-state index is -3.35. The molecule has 14 heavy (non-hydrogen) atoms. The van der Waals surface area contributed by atoms with Gasteiger partial charge in [0.2, 0.25) is 0 Å². The van der Waals surface area contributed by atoms with Gasteiger partial charge >= 0.3 is 0 Å². The average molecular weight is 219 g/mol. The quantitative estimate of drug-likeness (QED) is 0.559. The zero-order valence-electron chi connectivity index (χ0n) is 7.82. The van der Waals surface area contributed by atoms with Gasteiger partial charge in [0.15, 0.2) is 0 Å². The predicted molar refractivity (Wildman–Crippen MR) is 50.7 cm³/mol. The molecule has 1 aromatic heterocycles. The molecule has 0 aliphatic heterocycles. The summed E-state index contributed by atoms with van der Waals surface area (Å²) in [4.78, 5) is 3.86. The monoisotopic (exact) mass is 219 g/mol. The molecule has 0 unspecified atom stereocenters. The van der Waals surface area contributed by atoms with Crippen molar-refractivity contribution in [1.29, 1.82) is 0 Å². The number of hydrogen-bond donors (Lipinski definition) is 3. The van der Waals surface area contributed by atoms with Crippen LogP contribution in [0.25, 0.3) is 0 Å². The van der Waals surface area contributed by atoms with Gasteiger partial charge in [0.05, 0.1) is 0 Å². The summed E-state index contributed by atoms with van der Waals surface area (Å²) in [7, 11) is -3.35. The largest absolute Gasteiger partial charge is 0.276 e. The number of H-pyrrole nitrogens is 1. The first-order chi connectivity index (χ1) is 6.64. The molecule has 0 spiro atoms. The zero-order chi connectivity index (χ0) is 10.4. The second-order valence-corrected chi connectivity index (χ2v) is 4.16. The number of aromatic amines is 1. The molecule has 80 valence electrons. The third-order valence-corrected chi connectivity index (χ3v) is 2.71. The highest BCUT2D eigenvalue weighted by Crippen LogP contribution is 1.86. The molecule has 1 heterocycles. The Kier molecular flexibility index (Phi) is 3.98. The molecular weight excluding hydrogens is 206 g/mol. The summed E-state index contributed by atoms with van der Waals surface area (Å²) in [5, 5.41) is 6.28. The number of hydrogen-bond acceptors (Lipinski definition) is 4. The van der Waals surface area contributed by atoms with E-state index >= 15 is 0 Å². The normalized spacial score (nSPS) is 11.8. The van der Waals surface area contributed by atoms with Crippen molar-refractivity contribution in [2.24, 2.45) is 0 Å². The highest BCUT2D eigenvalue weighted by atomic mass is 32.2. The Hall–Kier alpha value is -0.990. The lowest BCUT2D eigenvalue weighted by Gasteiger charge is -2.04. The lowest BCUT2D eigenvalue weighted by molar-refractivity contribution is 0.568. The van der Waals surface area contributed by atoms with Gasteiger partial charge in [-0.15, -0.1) is 0 Å². The van der Waals surface area contributed by atoms with Gasteiger partial charge in [-0.1, -0.05) is 6.92 Å². The molecule has 0 radical (unpaired) electrons. The van der Waals surface area contributed by atoms with Crippen LogP contribution in [-0.2, 0) is 16.6 Å². The van der Waals surface area contributed by atoms with Gasteiger partial charge in [-0.3, -0.25) is 5.10 Å². The molecule has 3 N–H and O–H groups in total. The smallest absolute Gasteiger partial charge is 0.263 e. The highest BCUT2D eigenvalue weighted by Gasteiger charge is 2.06. The van der Waals surface area contributed by atoms with E-state index in [0.29, 0.717) is 25.3 Å². The van der Waals surface area contributed by atoms with Crippen molar-refractivity contribution in [3.63, 3.8) is 0 Å². The molecule has 0 aromatic carbocycles. The van der Waals surface area contributed by atoms with Crippen LogP contribution in [0.2, 0.25) is 0 Å². The van der Waals surface area contributed by atoms with Crippen LogP contribution in [0.15, 0.2) is 6.33 Å². The van der Waals surface area contributed by atoms with Crippen LogP contribution in [0.5, 0.6) is 0 Å². The van der Waals surface area contributed by atoms with E-state index < -0.39 is 10.2 Å². The number of nitrogens with one attached hydrogen (secondary N) is 3. The molecule has 0 aliphatic carbocycles. The van der Waals surface area contributed by atoms with Crippen molar-refractivity contribution in [3.8, 4) is 0 Å². The van der Waals surface area contributed by atoms with E-state index in [1.165, 1.54) is 6.33 Å². The maximum atomic E-state index is 11.1. The first kappa shape index (κ1) is 11.1. The first-order valence-corrected chi connectivity index (χ1v) is 5.71. The van der Waals surface area contributed by atoms with Gasteiger partial charge in [0.25, 0.3) is 10.2 Å². The average Bonchev–Trinajstić information content (AvgIpc) is 2.56. The predicted octanol–water partition coefficient (Wildman–Crippen LogP) is -1.21. The van der Waals surface area contributed by atoms with Crippen molar-refractivity contribution in [1.82, 2.24) is 24.6 Å². The Labute approximate surface area is 82.5 Å². The summed E-state index contributed by atoms with van der Waals surface area (Å²) < 4.78 is 26.9. The van der Waals surface area contributed by atoms with Gasteiger partial charge in [-0.25, -0.2) is 14.4 Å². The Balaban J connectivity index is 2.28. The molecule has 0 amide bonds.